The van der Waals surface area contributed by atoms with Crippen LogP contribution in [0.2, 0.25) is 0 Å². The van der Waals surface area contributed by atoms with Gasteiger partial charge in [-0.1, -0.05) is 92.7 Å². The second-order valence-electron chi connectivity index (χ2n) is 13.9. The van der Waals surface area contributed by atoms with Gasteiger partial charge in [-0.2, -0.15) is 0 Å². The van der Waals surface area contributed by atoms with Crippen LogP contribution in [0.5, 0.6) is 11.5 Å². The molecule has 0 spiro atoms. The standard InChI is InChI=1S/C44H37N4O.Pt/c1-28-20-29(2)42(30(3)21-28)32-22-34(47-27-48-41-17-10-8-15-38(41)46-43(48)37-14-7-9-16-40(37)47)26-36(24-32)49-35-13-11-12-31(23-35)39-25-33(18-19-45-39)44(4,5)6;/h7-22,24-25,27H,1-6H3;/q-3;. The third-order valence-corrected chi connectivity index (χ3v) is 9.18. The fourth-order valence-corrected chi connectivity index (χ4v) is 6.91. The second kappa shape index (κ2) is 13.0. The first-order chi connectivity index (χ1) is 23.6. The first-order valence-electron chi connectivity index (χ1n) is 16.7. The minimum atomic E-state index is 0. The topological polar surface area (TPSA) is 43.2 Å². The maximum atomic E-state index is 6.65. The summed E-state index contributed by atoms with van der Waals surface area (Å²) in [6, 6.07) is 42.7. The average Bonchev–Trinajstić information content (AvgIpc) is 3.46. The Hall–Kier alpha value is -5.12. The van der Waals surface area contributed by atoms with E-state index in [-0.39, 0.29) is 26.5 Å². The number of fused-ring (bicyclic) bond motifs is 5. The van der Waals surface area contributed by atoms with E-state index in [0.717, 1.165) is 50.6 Å². The molecule has 6 heteroatoms. The van der Waals surface area contributed by atoms with Gasteiger partial charge in [-0.05, 0) is 90.1 Å². The Labute approximate surface area is 308 Å². The molecule has 3 heterocycles. The number of imidazole rings is 1. The number of pyridine rings is 1. The predicted molar refractivity (Wildman–Crippen MR) is 199 cm³/mol. The van der Waals surface area contributed by atoms with Crippen molar-refractivity contribution in [3.05, 3.63) is 150 Å². The fourth-order valence-electron chi connectivity index (χ4n) is 6.91. The molecule has 50 heavy (non-hydrogen) atoms. The minimum absolute atomic E-state index is 0. The molecule has 0 unspecified atom stereocenters. The van der Waals surface area contributed by atoms with Gasteiger partial charge in [0.05, 0.1) is 0 Å². The molecule has 252 valence electrons. The van der Waals surface area contributed by atoms with Crippen LogP contribution in [-0.4, -0.2) is 14.5 Å². The summed E-state index contributed by atoms with van der Waals surface area (Å²) in [5.74, 6) is 2.12. The summed E-state index contributed by atoms with van der Waals surface area (Å²) in [5.41, 5.74) is 13.8. The maximum absolute atomic E-state index is 6.65. The summed E-state index contributed by atoms with van der Waals surface area (Å²) < 4.78 is 8.81. The molecule has 0 aliphatic carbocycles. The van der Waals surface area contributed by atoms with E-state index in [1.165, 1.54) is 27.8 Å². The molecule has 1 aliphatic heterocycles. The zero-order chi connectivity index (χ0) is 33.9. The van der Waals surface area contributed by atoms with E-state index in [9.17, 15) is 0 Å². The first kappa shape index (κ1) is 33.4. The van der Waals surface area contributed by atoms with E-state index in [2.05, 4.69) is 154 Å². The van der Waals surface area contributed by atoms with Gasteiger partial charge in [0.2, 0.25) is 0 Å². The third-order valence-electron chi connectivity index (χ3n) is 9.18. The molecule has 2 aromatic heterocycles. The summed E-state index contributed by atoms with van der Waals surface area (Å²) in [7, 11) is 0. The van der Waals surface area contributed by atoms with Crippen LogP contribution in [0.15, 0.2) is 109 Å². The number of nitrogens with zero attached hydrogens (tertiary/aromatic N) is 4. The number of anilines is 2. The number of aromatic nitrogens is 3. The number of rotatable bonds is 5. The van der Waals surface area contributed by atoms with Crippen LogP contribution in [0.25, 0.3) is 44.8 Å². The Kier molecular flexibility index (Phi) is 8.66. The van der Waals surface area contributed by atoms with Gasteiger partial charge in [-0.15, -0.1) is 47.5 Å². The Morgan fingerprint density at radius 3 is 2.32 bits per heavy atom. The third kappa shape index (κ3) is 6.12. The number of para-hydroxylation sites is 3. The van der Waals surface area contributed by atoms with Crippen molar-refractivity contribution >= 4 is 22.4 Å². The van der Waals surface area contributed by atoms with E-state index < -0.39 is 0 Å². The molecule has 0 radical (unpaired) electrons. The number of benzene rings is 5. The minimum Gasteiger partial charge on any atom is -0.503 e. The van der Waals surface area contributed by atoms with Gasteiger partial charge < -0.3 is 24.2 Å². The van der Waals surface area contributed by atoms with E-state index in [0.29, 0.717) is 11.5 Å². The van der Waals surface area contributed by atoms with E-state index in [1.807, 2.05) is 30.5 Å². The molecule has 0 N–H and O–H groups in total. The number of aryl methyl sites for hydroxylation is 3. The van der Waals surface area contributed by atoms with Gasteiger partial charge in [0.1, 0.15) is 0 Å². The van der Waals surface area contributed by atoms with Crippen molar-refractivity contribution in [2.24, 2.45) is 0 Å². The Balaban J connectivity index is 0.00000392. The molecule has 0 saturated heterocycles. The summed E-state index contributed by atoms with van der Waals surface area (Å²) in [6.07, 6.45) is 1.87. The second-order valence-corrected chi connectivity index (χ2v) is 13.9. The Bertz CT molecular complexity index is 2360. The normalized spacial score (nSPS) is 12.2. The summed E-state index contributed by atoms with van der Waals surface area (Å²) in [4.78, 5) is 11.9. The molecule has 0 bridgehead atoms. The van der Waals surface area contributed by atoms with Crippen molar-refractivity contribution in [1.82, 2.24) is 14.5 Å². The van der Waals surface area contributed by atoms with Gasteiger partial charge in [0, 0.05) is 55.8 Å². The van der Waals surface area contributed by atoms with Crippen LogP contribution in [0, 0.1) is 39.6 Å². The summed E-state index contributed by atoms with van der Waals surface area (Å²) in [6.45, 7) is 15.2. The van der Waals surface area contributed by atoms with Crippen LogP contribution in [0.4, 0.5) is 11.4 Å². The van der Waals surface area contributed by atoms with E-state index in [1.54, 1.807) is 0 Å². The molecule has 1 aliphatic rings. The summed E-state index contributed by atoms with van der Waals surface area (Å²) >= 11 is 0. The maximum Gasteiger partial charge on any atom is 0.0421 e. The smallest absolute Gasteiger partial charge is 0.0421 e. The molecule has 0 atom stereocenters. The van der Waals surface area contributed by atoms with Crippen LogP contribution in [-0.2, 0) is 26.5 Å². The van der Waals surface area contributed by atoms with Gasteiger partial charge >= 0.3 is 0 Å². The SMILES string of the molecule is Cc1cc(C)c(-c2cc(Oc3[c-]c(-c4cc(C(C)(C)C)ccn4)ccc3)[c-]c(N3[CH-]n4c(nc5ccccc54)-c4ccccc43)c2)c(C)c1.[Pt]. The molecule has 0 saturated carbocycles. The van der Waals surface area contributed by atoms with Crippen molar-refractivity contribution in [2.75, 3.05) is 4.90 Å². The molecule has 0 amide bonds. The Morgan fingerprint density at radius 1 is 0.760 bits per heavy atom. The zero-order valence-electron chi connectivity index (χ0n) is 29.0. The largest absolute Gasteiger partial charge is 0.503 e. The molecule has 5 nitrogen and oxygen atoms in total. The van der Waals surface area contributed by atoms with Crippen molar-refractivity contribution < 1.29 is 25.8 Å². The Morgan fingerprint density at radius 2 is 1.52 bits per heavy atom. The molecule has 7 aromatic rings. The van der Waals surface area contributed by atoms with Crippen molar-refractivity contribution in [1.29, 1.82) is 0 Å². The van der Waals surface area contributed by atoms with Crippen molar-refractivity contribution in [3.63, 3.8) is 0 Å². The summed E-state index contributed by atoms with van der Waals surface area (Å²) in [5, 5.41) is 0. The molecule has 8 rings (SSSR count). The number of hydrogen-bond acceptors (Lipinski definition) is 4. The van der Waals surface area contributed by atoms with E-state index >= 15 is 0 Å². The van der Waals surface area contributed by atoms with Crippen LogP contribution < -0.4 is 9.64 Å². The number of ether oxygens (including phenoxy) is 1. The monoisotopic (exact) mass is 832 g/mol. The first-order valence-corrected chi connectivity index (χ1v) is 16.7. The van der Waals surface area contributed by atoms with Gasteiger partial charge in [-0.25, -0.2) is 0 Å². The molecular formula is C44H37N4OPt-3. The van der Waals surface area contributed by atoms with Crippen LogP contribution in [0.3, 0.4) is 0 Å². The number of hydrogen-bond donors (Lipinski definition) is 0. The van der Waals surface area contributed by atoms with Crippen molar-refractivity contribution in [2.45, 2.75) is 47.0 Å². The van der Waals surface area contributed by atoms with Gasteiger partial charge in [-0.3, -0.25) is 0 Å². The van der Waals surface area contributed by atoms with Crippen LogP contribution in [0.1, 0.15) is 43.0 Å². The van der Waals surface area contributed by atoms with Gasteiger partial charge in [0.25, 0.3) is 0 Å². The molecule has 5 aromatic carbocycles. The van der Waals surface area contributed by atoms with E-state index in [4.69, 9.17) is 9.72 Å². The quantitative estimate of drug-likeness (QED) is 0.162. The molecular weight excluding hydrogens is 796 g/mol. The van der Waals surface area contributed by atoms with Crippen LogP contribution >= 0.6 is 0 Å². The van der Waals surface area contributed by atoms with Crippen molar-refractivity contribution in [3.8, 4) is 45.3 Å². The average molecular weight is 833 g/mol. The molecule has 0 fully saturated rings. The predicted octanol–water partition coefficient (Wildman–Crippen LogP) is 11.2. The van der Waals surface area contributed by atoms with Gasteiger partial charge in [0.15, 0.2) is 0 Å². The zero-order valence-corrected chi connectivity index (χ0v) is 31.3. The fraction of sp³-hybridized carbons (Fsp3) is 0.159.